The van der Waals surface area contributed by atoms with Crippen LogP contribution < -0.4 is 15.8 Å². The molecule has 0 atom stereocenters. The molecule has 0 fully saturated rings. The van der Waals surface area contributed by atoms with Gasteiger partial charge in [0, 0.05) is 18.3 Å². The number of aromatic nitrogens is 1. The van der Waals surface area contributed by atoms with Gasteiger partial charge in [-0.3, -0.25) is 0 Å². The molecule has 5 heteroatoms. The maximum atomic E-state index is 5.60. The van der Waals surface area contributed by atoms with Crippen LogP contribution in [-0.4, -0.2) is 24.6 Å². The second kappa shape index (κ2) is 5.85. The molecule has 0 radical (unpaired) electrons. The van der Waals surface area contributed by atoms with Crippen molar-refractivity contribution in [3.05, 3.63) is 23.9 Å². The fourth-order valence-electron chi connectivity index (χ4n) is 1.14. The number of nitrogens with zero attached hydrogens (tertiary/aromatic N) is 2. The summed E-state index contributed by atoms with van der Waals surface area (Å²) in [6.45, 7) is 3.20. The number of hydrogen-bond donors (Lipinski definition) is 2. The Morgan fingerprint density at radius 2 is 2.47 bits per heavy atom. The molecule has 0 aliphatic rings. The summed E-state index contributed by atoms with van der Waals surface area (Å²) in [5.41, 5.74) is 6.52. The first kappa shape index (κ1) is 11.3. The van der Waals surface area contributed by atoms with Crippen LogP contribution in [0.15, 0.2) is 23.3 Å². The summed E-state index contributed by atoms with van der Waals surface area (Å²) in [5.74, 6) is 1.02. The van der Waals surface area contributed by atoms with Gasteiger partial charge in [-0.05, 0) is 13.0 Å². The lowest BCUT2D eigenvalue weighted by Crippen LogP contribution is -2.31. The van der Waals surface area contributed by atoms with Crippen molar-refractivity contribution in [2.75, 3.05) is 13.7 Å². The van der Waals surface area contributed by atoms with Crippen LogP contribution in [0.1, 0.15) is 12.5 Å². The number of methoxy groups -OCH3 is 1. The molecule has 0 bridgehead atoms. The van der Waals surface area contributed by atoms with E-state index in [1.165, 1.54) is 0 Å². The van der Waals surface area contributed by atoms with E-state index < -0.39 is 0 Å². The van der Waals surface area contributed by atoms with Crippen molar-refractivity contribution >= 4 is 5.96 Å². The zero-order chi connectivity index (χ0) is 11.1. The summed E-state index contributed by atoms with van der Waals surface area (Å²) in [6.07, 6.45) is 1.68. The minimum Gasteiger partial charge on any atom is -0.481 e. The summed E-state index contributed by atoms with van der Waals surface area (Å²) < 4.78 is 5.10. The monoisotopic (exact) mass is 208 g/mol. The van der Waals surface area contributed by atoms with Crippen molar-refractivity contribution < 1.29 is 4.74 Å². The Morgan fingerprint density at radius 3 is 3.13 bits per heavy atom. The minimum absolute atomic E-state index is 0.434. The molecule has 3 N–H and O–H groups in total. The van der Waals surface area contributed by atoms with Gasteiger partial charge in [0.05, 0.1) is 13.7 Å². The molecular formula is C10H16N4O. The van der Waals surface area contributed by atoms with Crippen molar-refractivity contribution in [3.63, 3.8) is 0 Å². The third-order valence-corrected chi connectivity index (χ3v) is 1.82. The predicted octanol–water partition coefficient (Wildman–Crippen LogP) is 0.514. The highest BCUT2D eigenvalue weighted by molar-refractivity contribution is 5.77. The SMILES string of the molecule is CCNC(N)=NCc1cccnc1OC. The van der Waals surface area contributed by atoms with Crippen LogP contribution in [0, 0.1) is 0 Å². The van der Waals surface area contributed by atoms with Crippen LogP contribution in [-0.2, 0) is 6.54 Å². The normalized spacial score (nSPS) is 11.2. The Bertz CT molecular complexity index is 338. The highest BCUT2D eigenvalue weighted by Crippen LogP contribution is 2.13. The van der Waals surface area contributed by atoms with Gasteiger partial charge in [0.15, 0.2) is 5.96 Å². The van der Waals surface area contributed by atoms with Crippen LogP contribution in [0.5, 0.6) is 5.88 Å². The first-order valence-electron chi connectivity index (χ1n) is 4.79. The van der Waals surface area contributed by atoms with E-state index in [4.69, 9.17) is 10.5 Å². The zero-order valence-electron chi connectivity index (χ0n) is 9.03. The lowest BCUT2D eigenvalue weighted by molar-refractivity contribution is 0.392. The molecule has 0 saturated carbocycles. The quantitative estimate of drug-likeness (QED) is 0.558. The van der Waals surface area contributed by atoms with Gasteiger partial charge in [-0.2, -0.15) is 0 Å². The molecular weight excluding hydrogens is 192 g/mol. The van der Waals surface area contributed by atoms with Crippen molar-refractivity contribution in [1.29, 1.82) is 0 Å². The van der Waals surface area contributed by atoms with Crippen molar-refractivity contribution in [2.24, 2.45) is 10.7 Å². The number of hydrogen-bond acceptors (Lipinski definition) is 3. The highest BCUT2D eigenvalue weighted by atomic mass is 16.5. The third-order valence-electron chi connectivity index (χ3n) is 1.82. The molecule has 1 rings (SSSR count). The van der Waals surface area contributed by atoms with Gasteiger partial charge in [-0.1, -0.05) is 6.07 Å². The fourth-order valence-corrected chi connectivity index (χ4v) is 1.14. The molecule has 1 aromatic heterocycles. The molecule has 1 aromatic rings. The van der Waals surface area contributed by atoms with E-state index in [1.54, 1.807) is 13.3 Å². The van der Waals surface area contributed by atoms with E-state index in [-0.39, 0.29) is 0 Å². The summed E-state index contributed by atoms with van der Waals surface area (Å²) in [6, 6.07) is 3.76. The summed E-state index contributed by atoms with van der Waals surface area (Å²) in [5, 5.41) is 2.92. The Hall–Kier alpha value is -1.78. The van der Waals surface area contributed by atoms with Crippen molar-refractivity contribution in [2.45, 2.75) is 13.5 Å². The average molecular weight is 208 g/mol. The topological polar surface area (TPSA) is 72.5 Å². The number of ether oxygens (including phenoxy) is 1. The lowest BCUT2D eigenvalue weighted by Gasteiger charge is -2.05. The van der Waals surface area contributed by atoms with E-state index in [1.807, 2.05) is 19.1 Å². The predicted molar refractivity (Wildman–Crippen MR) is 59.8 cm³/mol. The first-order chi connectivity index (χ1) is 7.27. The van der Waals surface area contributed by atoms with E-state index in [0.717, 1.165) is 12.1 Å². The number of rotatable bonds is 4. The van der Waals surface area contributed by atoms with E-state index >= 15 is 0 Å². The maximum absolute atomic E-state index is 5.60. The average Bonchev–Trinajstić information content (AvgIpc) is 2.27. The Morgan fingerprint density at radius 1 is 1.67 bits per heavy atom. The highest BCUT2D eigenvalue weighted by Gasteiger charge is 2.01. The summed E-state index contributed by atoms with van der Waals surface area (Å²) >= 11 is 0. The molecule has 0 aromatic carbocycles. The van der Waals surface area contributed by atoms with Crippen LogP contribution in [0.3, 0.4) is 0 Å². The third kappa shape index (κ3) is 3.46. The maximum Gasteiger partial charge on any atom is 0.218 e. The zero-order valence-corrected chi connectivity index (χ0v) is 9.03. The lowest BCUT2D eigenvalue weighted by atomic mass is 10.3. The molecule has 0 saturated heterocycles. The molecule has 82 valence electrons. The van der Waals surface area contributed by atoms with E-state index in [0.29, 0.717) is 18.4 Å². The molecule has 15 heavy (non-hydrogen) atoms. The van der Waals surface area contributed by atoms with E-state index in [2.05, 4.69) is 15.3 Å². The van der Waals surface area contributed by atoms with Gasteiger partial charge in [0.2, 0.25) is 5.88 Å². The van der Waals surface area contributed by atoms with Gasteiger partial charge in [0.25, 0.3) is 0 Å². The molecule has 1 heterocycles. The number of nitrogens with one attached hydrogen (secondary N) is 1. The van der Waals surface area contributed by atoms with Gasteiger partial charge < -0.3 is 15.8 Å². The minimum atomic E-state index is 0.434. The number of aliphatic imine (C=N–C) groups is 1. The second-order valence-electron chi connectivity index (χ2n) is 2.90. The van der Waals surface area contributed by atoms with Gasteiger partial charge >= 0.3 is 0 Å². The van der Waals surface area contributed by atoms with Gasteiger partial charge in [-0.25, -0.2) is 9.98 Å². The van der Waals surface area contributed by atoms with Crippen molar-refractivity contribution in [3.8, 4) is 5.88 Å². The van der Waals surface area contributed by atoms with Gasteiger partial charge in [0.1, 0.15) is 0 Å². The summed E-state index contributed by atoms with van der Waals surface area (Å²) in [7, 11) is 1.59. The number of pyridine rings is 1. The number of guanidine groups is 1. The Labute approximate surface area is 89.4 Å². The summed E-state index contributed by atoms with van der Waals surface area (Å²) in [4.78, 5) is 8.22. The Balaban J connectivity index is 2.68. The second-order valence-corrected chi connectivity index (χ2v) is 2.90. The Kier molecular flexibility index (Phi) is 4.40. The molecule has 0 spiro atoms. The first-order valence-corrected chi connectivity index (χ1v) is 4.79. The molecule has 5 nitrogen and oxygen atoms in total. The number of nitrogens with two attached hydrogens (primary N) is 1. The molecule has 0 unspecified atom stereocenters. The van der Waals surface area contributed by atoms with Gasteiger partial charge in [-0.15, -0.1) is 0 Å². The molecule has 0 amide bonds. The molecule has 0 aliphatic carbocycles. The largest absolute Gasteiger partial charge is 0.481 e. The van der Waals surface area contributed by atoms with Crippen LogP contribution >= 0.6 is 0 Å². The van der Waals surface area contributed by atoms with Crippen LogP contribution in [0.2, 0.25) is 0 Å². The van der Waals surface area contributed by atoms with E-state index in [9.17, 15) is 0 Å². The van der Waals surface area contributed by atoms with Crippen LogP contribution in [0.25, 0.3) is 0 Å². The van der Waals surface area contributed by atoms with Crippen molar-refractivity contribution in [1.82, 2.24) is 10.3 Å². The smallest absolute Gasteiger partial charge is 0.218 e. The van der Waals surface area contributed by atoms with Crippen LogP contribution in [0.4, 0.5) is 0 Å². The fraction of sp³-hybridized carbons (Fsp3) is 0.400. The molecule has 0 aliphatic heterocycles. The standard InChI is InChI=1S/C10H16N4O/c1-3-12-10(11)14-7-8-5-4-6-13-9(8)15-2/h4-6H,3,7H2,1-2H3,(H3,11,12,14).